The number of carbonyl (C=O) groups is 2. The first-order valence-electron chi connectivity index (χ1n) is 11.3. The molecular weight excluding hydrogens is 466 g/mol. The van der Waals surface area contributed by atoms with Gasteiger partial charge in [0, 0.05) is 0 Å². The van der Waals surface area contributed by atoms with Crippen LogP contribution in [0, 0.1) is 17.8 Å². The van der Waals surface area contributed by atoms with Crippen LogP contribution in [0.5, 0.6) is 0 Å². The summed E-state index contributed by atoms with van der Waals surface area (Å²) in [5, 5.41) is 12.9. The van der Waals surface area contributed by atoms with Crippen LogP contribution < -0.4 is 11.1 Å². The van der Waals surface area contributed by atoms with E-state index in [-0.39, 0.29) is 47.1 Å². The van der Waals surface area contributed by atoms with Crippen LogP contribution in [-0.4, -0.2) is 67.2 Å². The molecule has 1 saturated carbocycles. The van der Waals surface area contributed by atoms with Crippen LogP contribution >= 0.6 is 7.37 Å². The molecule has 0 heterocycles. The zero-order valence-electron chi connectivity index (χ0n) is 19.0. The van der Waals surface area contributed by atoms with E-state index in [1.165, 1.54) is 6.42 Å². The Labute approximate surface area is 188 Å². The van der Waals surface area contributed by atoms with E-state index in [1.54, 1.807) is 0 Å². The van der Waals surface area contributed by atoms with Gasteiger partial charge in [-0.2, -0.15) is 0 Å². The number of hydrogen-bond acceptors (Lipinski definition) is 5. The first kappa shape index (κ1) is 27.8. The van der Waals surface area contributed by atoms with Gasteiger partial charge in [0.05, 0.1) is 0 Å². The van der Waals surface area contributed by atoms with E-state index in [2.05, 4.69) is 5.32 Å². The Morgan fingerprint density at radius 2 is 1.80 bits per heavy atom. The molecule has 1 rings (SSSR count). The van der Waals surface area contributed by atoms with Gasteiger partial charge < -0.3 is 0 Å². The van der Waals surface area contributed by atoms with Gasteiger partial charge in [0.15, 0.2) is 0 Å². The SMILES string of the molecule is CCC(C)[C@H](N)C(=O)[AsH][C@H](C(=O)NC[C@@H](O)CP(=O)(O)CC1CCCCC1)C(C)C. The van der Waals surface area contributed by atoms with Crippen molar-refractivity contribution in [3.05, 3.63) is 0 Å². The standard InChI is InChI=1S/C21H42AsN2O5P/c1-5-15(4)19(23)20(26)22-18(14(2)3)21(27)24-11-17(25)13-30(28,29)12-16-9-7-6-8-10-16/h14-19,22,25H,5-13,23H2,1-4H3,(H,24,27)(H,28,29)/t15?,17-,18+,19+/m1/s1. The molecule has 0 aromatic heterocycles. The van der Waals surface area contributed by atoms with Gasteiger partial charge in [0.2, 0.25) is 0 Å². The van der Waals surface area contributed by atoms with Crippen molar-refractivity contribution in [3.8, 4) is 0 Å². The number of aliphatic hydroxyl groups excluding tert-OH is 1. The maximum absolute atomic E-state index is 12.7. The fourth-order valence-corrected chi connectivity index (χ4v) is 8.81. The number of nitrogens with one attached hydrogen (secondary N) is 1. The summed E-state index contributed by atoms with van der Waals surface area (Å²) in [5.41, 5.74) is 6.04. The van der Waals surface area contributed by atoms with Crippen molar-refractivity contribution in [2.75, 3.05) is 18.9 Å². The third-order valence-corrected chi connectivity index (χ3v) is 12.1. The predicted molar refractivity (Wildman–Crippen MR) is 123 cm³/mol. The molecule has 1 fully saturated rings. The molecule has 1 aliphatic carbocycles. The van der Waals surface area contributed by atoms with Crippen molar-refractivity contribution in [2.24, 2.45) is 23.5 Å². The fourth-order valence-electron chi connectivity index (χ4n) is 3.87. The molecule has 9 heteroatoms. The van der Waals surface area contributed by atoms with Gasteiger partial charge in [-0.25, -0.2) is 0 Å². The second-order valence-corrected chi connectivity index (χ2v) is 14.6. The van der Waals surface area contributed by atoms with Crippen molar-refractivity contribution in [3.63, 3.8) is 0 Å². The quantitative estimate of drug-likeness (QED) is 0.223. The van der Waals surface area contributed by atoms with Crippen LogP contribution in [0.25, 0.3) is 0 Å². The van der Waals surface area contributed by atoms with Crippen LogP contribution in [-0.2, 0) is 14.2 Å². The number of aliphatic hydroxyl groups is 1. The molecule has 0 saturated heterocycles. The topological polar surface area (TPSA) is 130 Å². The minimum absolute atomic E-state index is 0.00825. The van der Waals surface area contributed by atoms with Gasteiger partial charge >= 0.3 is 188 Å². The van der Waals surface area contributed by atoms with E-state index in [1.807, 2.05) is 27.7 Å². The molecule has 0 aliphatic heterocycles. The van der Waals surface area contributed by atoms with Gasteiger partial charge in [0.1, 0.15) is 0 Å². The van der Waals surface area contributed by atoms with E-state index in [0.717, 1.165) is 32.1 Å². The molecule has 3 unspecified atom stereocenters. The summed E-state index contributed by atoms with van der Waals surface area (Å²) in [7, 11) is -3.43. The summed E-state index contributed by atoms with van der Waals surface area (Å²) >= 11 is -1.26. The third kappa shape index (κ3) is 9.95. The van der Waals surface area contributed by atoms with E-state index in [4.69, 9.17) is 5.73 Å². The monoisotopic (exact) mass is 508 g/mol. The van der Waals surface area contributed by atoms with Crippen LogP contribution in [0.3, 0.4) is 0 Å². The van der Waals surface area contributed by atoms with Crippen molar-refractivity contribution >= 4 is 33.6 Å². The van der Waals surface area contributed by atoms with E-state index in [9.17, 15) is 24.2 Å². The first-order valence-corrected chi connectivity index (χ1v) is 15.6. The Bertz CT molecular complexity index is 598. The Kier molecular flexibility index (Phi) is 12.4. The molecular formula is C21H42AsN2O5P. The summed E-state index contributed by atoms with van der Waals surface area (Å²) in [6.45, 7) is 7.65. The van der Waals surface area contributed by atoms with Crippen LogP contribution in [0.15, 0.2) is 0 Å². The van der Waals surface area contributed by atoms with Gasteiger partial charge in [-0.3, -0.25) is 0 Å². The van der Waals surface area contributed by atoms with Gasteiger partial charge in [0.25, 0.3) is 0 Å². The molecule has 1 amide bonds. The van der Waals surface area contributed by atoms with Crippen LogP contribution in [0.1, 0.15) is 66.2 Å². The second-order valence-electron chi connectivity index (χ2n) is 9.26. The number of rotatable bonds is 13. The summed E-state index contributed by atoms with van der Waals surface area (Å²) in [5.74, 6) is 0.0638. The van der Waals surface area contributed by atoms with Gasteiger partial charge in [-0.05, 0) is 0 Å². The van der Waals surface area contributed by atoms with Crippen LogP contribution in [0.2, 0.25) is 4.71 Å². The Balaban J connectivity index is 2.53. The fraction of sp³-hybridized carbons (Fsp3) is 0.905. The van der Waals surface area contributed by atoms with Gasteiger partial charge in [-0.15, -0.1) is 0 Å². The molecule has 30 heavy (non-hydrogen) atoms. The molecule has 0 aromatic rings. The predicted octanol–water partition coefficient (Wildman–Crippen LogP) is 2.10. The normalized spacial score (nSPS) is 21.9. The second kappa shape index (κ2) is 13.4. The summed E-state index contributed by atoms with van der Waals surface area (Å²) < 4.78 is 12.1. The Morgan fingerprint density at radius 1 is 1.20 bits per heavy atom. The molecule has 1 aliphatic rings. The molecule has 0 spiro atoms. The van der Waals surface area contributed by atoms with E-state index < -0.39 is 40.0 Å². The maximum atomic E-state index is 12.7. The van der Waals surface area contributed by atoms with E-state index >= 15 is 0 Å². The van der Waals surface area contributed by atoms with Crippen LogP contribution in [0.4, 0.5) is 0 Å². The van der Waals surface area contributed by atoms with Crippen molar-refractivity contribution in [1.82, 2.24) is 5.32 Å². The summed E-state index contributed by atoms with van der Waals surface area (Å²) in [6, 6.07) is -0.533. The number of nitrogens with two attached hydrogens (primary N) is 1. The molecule has 0 aromatic carbocycles. The van der Waals surface area contributed by atoms with Crippen molar-refractivity contribution in [2.45, 2.75) is 83.1 Å². The number of carbonyl (C=O) groups excluding carboxylic acids is 2. The average molecular weight is 508 g/mol. The third-order valence-electron chi connectivity index (χ3n) is 6.08. The minimum atomic E-state index is -3.43. The molecule has 6 atom stereocenters. The van der Waals surface area contributed by atoms with Crippen molar-refractivity contribution < 1.29 is 24.2 Å². The average Bonchev–Trinajstić information content (AvgIpc) is 2.68. The first-order chi connectivity index (χ1) is 14.0. The zero-order chi connectivity index (χ0) is 22.9. The molecule has 176 valence electrons. The zero-order valence-corrected chi connectivity index (χ0v) is 22.0. The molecule has 7 nitrogen and oxygen atoms in total. The Morgan fingerprint density at radius 3 is 2.33 bits per heavy atom. The van der Waals surface area contributed by atoms with Gasteiger partial charge in [-0.1, -0.05) is 0 Å². The summed E-state index contributed by atoms with van der Waals surface area (Å²) in [4.78, 5) is 35.4. The molecule has 5 N–H and O–H groups in total. The number of amides is 1. The Hall–Kier alpha value is -0.192. The molecule has 0 bridgehead atoms. The summed E-state index contributed by atoms with van der Waals surface area (Å²) in [6.07, 6.45) is 5.13. The van der Waals surface area contributed by atoms with E-state index in [0.29, 0.717) is 0 Å². The van der Waals surface area contributed by atoms with Crippen molar-refractivity contribution in [1.29, 1.82) is 0 Å². The molecule has 0 radical (unpaired) electrons. The number of hydrogen-bond donors (Lipinski definition) is 4.